The third kappa shape index (κ3) is 7.65. The van der Waals surface area contributed by atoms with Crippen LogP contribution in [-0.4, -0.2) is 32.1 Å². The van der Waals surface area contributed by atoms with Crippen LogP contribution in [0.4, 0.5) is 5.82 Å². The molecule has 0 aromatic carbocycles. The van der Waals surface area contributed by atoms with E-state index in [-0.39, 0.29) is 24.1 Å². The third-order valence-electron chi connectivity index (χ3n) is 3.66. The van der Waals surface area contributed by atoms with Crippen LogP contribution in [0.15, 0.2) is 41.0 Å². The molecule has 0 aliphatic heterocycles. The van der Waals surface area contributed by atoms with Crippen molar-refractivity contribution in [3.8, 4) is 0 Å². The van der Waals surface area contributed by atoms with E-state index in [9.17, 15) is 19.7 Å². The first-order valence-electron chi connectivity index (χ1n) is 9.49. The smallest absolute Gasteiger partial charge is 0.326 e. The van der Waals surface area contributed by atoms with Crippen LogP contribution < -0.4 is 10.9 Å². The van der Waals surface area contributed by atoms with Crippen LogP contribution in [-0.2, 0) is 16.1 Å². The van der Waals surface area contributed by atoms with Crippen molar-refractivity contribution in [1.82, 2.24) is 9.55 Å². The van der Waals surface area contributed by atoms with Gasteiger partial charge >= 0.3 is 5.97 Å². The van der Waals surface area contributed by atoms with Gasteiger partial charge < -0.3 is 10.1 Å². The number of anilines is 1. The van der Waals surface area contributed by atoms with Gasteiger partial charge in [0, 0.05) is 12.1 Å². The van der Waals surface area contributed by atoms with Gasteiger partial charge in [0.1, 0.15) is 12.1 Å². The van der Waals surface area contributed by atoms with Gasteiger partial charge in [-0.25, -0.2) is 4.98 Å². The highest BCUT2D eigenvalue weighted by molar-refractivity contribution is 5.71. The van der Waals surface area contributed by atoms with Gasteiger partial charge in [-0.1, -0.05) is 6.08 Å². The SMILES string of the molecule is C=C(/C=C(C)\C=C(/C)c1cnc(NC(C)C)c(=O)n1CC(=O)OC(C)(C)C)[N+](=O)[O-]. The summed E-state index contributed by atoms with van der Waals surface area (Å²) in [5, 5.41) is 13.7. The largest absolute Gasteiger partial charge is 0.459 e. The van der Waals surface area contributed by atoms with E-state index in [4.69, 9.17) is 4.74 Å². The Morgan fingerprint density at radius 1 is 1.37 bits per heavy atom. The van der Waals surface area contributed by atoms with Gasteiger partial charge in [-0.3, -0.25) is 24.3 Å². The van der Waals surface area contributed by atoms with Crippen molar-refractivity contribution in [2.45, 2.75) is 66.7 Å². The fraction of sp³-hybridized carbons (Fsp3) is 0.476. The zero-order valence-electron chi connectivity index (χ0n) is 18.6. The zero-order valence-corrected chi connectivity index (χ0v) is 18.6. The molecule has 1 aromatic rings. The molecule has 0 aliphatic carbocycles. The third-order valence-corrected chi connectivity index (χ3v) is 3.66. The Kier molecular flexibility index (Phi) is 8.27. The van der Waals surface area contributed by atoms with Gasteiger partial charge in [-0.05, 0) is 66.2 Å². The van der Waals surface area contributed by atoms with E-state index in [1.165, 1.54) is 16.8 Å². The molecule has 1 aromatic heterocycles. The first-order chi connectivity index (χ1) is 13.7. The number of nitrogens with one attached hydrogen (secondary N) is 1. The molecule has 0 atom stereocenters. The molecule has 0 bridgehead atoms. The van der Waals surface area contributed by atoms with Crippen LogP contribution in [0, 0.1) is 10.1 Å². The van der Waals surface area contributed by atoms with Crippen LogP contribution in [0.5, 0.6) is 0 Å². The summed E-state index contributed by atoms with van der Waals surface area (Å²) in [6, 6.07) is -0.0269. The highest BCUT2D eigenvalue weighted by atomic mass is 16.6. The monoisotopic (exact) mass is 418 g/mol. The molecule has 0 amide bonds. The fourth-order valence-corrected chi connectivity index (χ4v) is 2.61. The Bertz CT molecular complexity index is 949. The van der Waals surface area contributed by atoms with E-state index in [1.54, 1.807) is 40.7 Å². The van der Waals surface area contributed by atoms with Crippen molar-refractivity contribution in [2.24, 2.45) is 0 Å². The Balaban J connectivity index is 3.46. The summed E-state index contributed by atoms with van der Waals surface area (Å²) in [5.41, 5.74) is 0.159. The summed E-state index contributed by atoms with van der Waals surface area (Å²) >= 11 is 0. The van der Waals surface area contributed by atoms with E-state index in [1.807, 2.05) is 13.8 Å². The maximum absolute atomic E-state index is 13.0. The van der Waals surface area contributed by atoms with Crippen LogP contribution in [0.2, 0.25) is 0 Å². The fourth-order valence-electron chi connectivity index (χ4n) is 2.61. The van der Waals surface area contributed by atoms with E-state index in [0.29, 0.717) is 16.8 Å². The first kappa shape index (κ1) is 24.8. The zero-order chi connectivity index (χ0) is 23.2. The Labute approximate surface area is 176 Å². The number of nitrogens with zero attached hydrogens (tertiary/aromatic N) is 3. The predicted octanol–water partition coefficient (Wildman–Crippen LogP) is 3.55. The predicted molar refractivity (Wildman–Crippen MR) is 117 cm³/mol. The van der Waals surface area contributed by atoms with Crippen LogP contribution in [0.25, 0.3) is 5.57 Å². The minimum atomic E-state index is -0.694. The summed E-state index contributed by atoms with van der Waals surface area (Å²) in [6.45, 7) is 15.5. The maximum atomic E-state index is 13.0. The lowest BCUT2D eigenvalue weighted by atomic mass is 10.1. The molecule has 30 heavy (non-hydrogen) atoms. The normalized spacial score (nSPS) is 12.7. The molecular formula is C21H30N4O5. The van der Waals surface area contributed by atoms with Gasteiger partial charge in [-0.15, -0.1) is 0 Å². The quantitative estimate of drug-likeness (QED) is 0.297. The molecule has 9 nitrogen and oxygen atoms in total. The van der Waals surface area contributed by atoms with Crippen molar-refractivity contribution in [3.05, 3.63) is 62.4 Å². The molecular weight excluding hydrogens is 388 g/mol. The summed E-state index contributed by atoms with van der Waals surface area (Å²) < 4.78 is 6.64. The number of ether oxygens (including phenoxy) is 1. The van der Waals surface area contributed by atoms with Gasteiger partial charge in [0.2, 0.25) is 0 Å². The first-order valence-corrected chi connectivity index (χ1v) is 9.49. The average Bonchev–Trinajstić information content (AvgIpc) is 2.55. The lowest BCUT2D eigenvalue weighted by Gasteiger charge is -2.21. The molecule has 164 valence electrons. The number of carbonyl (C=O) groups excluding carboxylic acids is 1. The number of hydrogen-bond donors (Lipinski definition) is 1. The number of rotatable bonds is 8. The van der Waals surface area contributed by atoms with Crippen molar-refractivity contribution in [1.29, 1.82) is 0 Å². The maximum Gasteiger partial charge on any atom is 0.326 e. The van der Waals surface area contributed by atoms with E-state index >= 15 is 0 Å². The van der Waals surface area contributed by atoms with Gasteiger partial charge in [0.15, 0.2) is 5.82 Å². The van der Waals surface area contributed by atoms with E-state index in [0.717, 1.165) is 0 Å². The number of aromatic nitrogens is 2. The summed E-state index contributed by atoms with van der Waals surface area (Å²) in [4.78, 5) is 39.7. The van der Waals surface area contributed by atoms with Crippen LogP contribution >= 0.6 is 0 Å². The molecule has 1 N–H and O–H groups in total. The van der Waals surface area contributed by atoms with Gasteiger partial charge in [-0.2, -0.15) is 0 Å². The molecule has 1 rings (SSSR count). The molecule has 0 fully saturated rings. The number of nitro groups is 1. The molecule has 0 unspecified atom stereocenters. The topological polar surface area (TPSA) is 116 Å². The van der Waals surface area contributed by atoms with Gasteiger partial charge in [0.05, 0.1) is 16.8 Å². The molecule has 0 spiro atoms. The second-order valence-corrected chi connectivity index (χ2v) is 8.23. The molecule has 1 heterocycles. The van der Waals surface area contributed by atoms with Crippen molar-refractivity contribution >= 4 is 17.4 Å². The number of esters is 1. The Hall–Kier alpha value is -3.23. The number of carbonyl (C=O) groups is 1. The minimum Gasteiger partial charge on any atom is -0.459 e. The number of allylic oxidation sites excluding steroid dienone is 4. The molecule has 0 saturated carbocycles. The summed E-state index contributed by atoms with van der Waals surface area (Å²) in [7, 11) is 0. The van der Waals surface area contributed by atoms with Crippen LogP contribution in [0.1, 0.15) is 54.2 Å². The summed E-state index contributed by atoms with van der Waals surface area (Å²) in [6.07, 6.45) is 4.46. The Morgan fingerprint density at radius 3 is 2.47 bits per heavy atom. The van der Waals surface area contributed by atoms with Crippen LogP contribution in [0.3, 0.4) is 0 Å². The van der Waals surface area contributed by atoms with Crippen molar-refractivity contribution in [3.63, 3.8) is 0 Å². The summed E-state index contributed by atoms with van der Waals surface area (Å²) in [5.74, 6) is -0.437. The molecule has 0 radical (unpaired) electrons. The lowest BCUT2D eigenvalue weighted by molar-refractivity contribution is -0.418. The van der Waals surface area contributed by atoms with Crippen molar-refractivity contribution < 1.29 is 14.5 Å². The van der Waals surface area contributed by atoms with E-state index < -0.39 is 22.1 Å². The van der Waals surface area contributed by atoms with Crippen molar-refractivity contribution in [2.75, 3.05) is 5.32 Å². The Morgan fingerprint density at radius 2 is 1.97 bits per heavy atom. The second kappa shape index (κ2) is 10.00. The molecule has 0 aliphatic rings. The highest BCUT2D eigenvalue weighted by Crippen LogP contribution is 2.17. The minimum absolute atomic E-state index is 0.0269. The lowest BCUT2D eigenvalue weighted by Crippen LogP contribution is -2.34. The number of hydrogen-bond acceptors (Lipinski definition) is 7. The molecule has 9 heteroatoms. The van der Waals surface area contributed by atoms with Gasteiger partial charge in [0.25, 0.3) is 11.3 Å². The van der Waals surface area contributed by atoms with E-state index in [2.05, 4.69) is 16.9 Å². The standard InChI is InChI=1S/C21H30N4O5/c1-13(2)23-19-20(27)24(12-18(26)30-21(6,7)8)17(11-22-19)15(4)9-14(3)10-16(5)25(28)29/h9-11,13H,5,12H2,1-4,6-8H3,(H,22,23)/b14-10-,15-9+. The molecule has 0 saturated heterocycles. The second-order valence-electron chi connectivity index (χ2n) is 8.23. The highest BCUT2D eigenvalue weighted by Gasteiger charge is 2.20. The average molecular weight is 418 g/mol.